The van der Waals surface area contributed by atoms with Gasteiger partial charge >= 0.3 is 5.97 Å². The molecule has 0 amide bonds. The van der Waals surface area contributed by atoms with Crippen molar-refractivity contribution >= 4 is 23.3 Å². The number of carbonyl (C=O) groups excluding carboxylic acids is 1. The molecule has 7 heteroatoms. The van der Waals surface area contributed by atoms with Crippen LogP contribution in [-0.4, -0.2) is 34.6 Å². The summed E-state index contributed by atoms with van der Waals surface area (Å²) < 4.78 is 4.65. The summed E-state index contributed by atoms with van der Waals surface area (Å²) in [5, 5.41) is 3.17. The van der Waals surface area contributed by atoms with Crippen LogP contribution in [0.2, 0.25) is 0 Å². The third kappa shape index (κ3) is 2.73. The molecule has 1 saturated heterocycles. The maximum atomic E-state index is 11.4. The number of methoxy groups -OCH3 is 1. The highest BCUT2D eigenvalue weighted by Crippen LogP contribution is 2.34. The van der Waals surface area contributed by atoms with Crippen LogP contribution in [0.25, 0.3) is 0 Å². The summed E-state index contributed by atoms with van der Waals surface area (Å²) in [6.07, 6.45) is 5.15. The first kappa shape index (κ1) is 13.9. The molecule has 3 heterocycles. The maximum absolute atomic E-state index is 11.4. The number of anilines is 1. The van der Waals surface area contributed by atoms with Gasteiger partial charge < -0.3 is 9.64 Å². The van der Waals surface area contributed by atoms with E-state index in [0.29, 0.717) is 11.5 Å². The molecule has 0 saturated carbocycles. The average molecular weight is 304 g/mol. The summed E-state index contributed by atoms with van der Waals surface area (Å²) in [6, 6.07) is 0.221. The van der Waals surface area contributed by atoms with E-state index in [-0.39, 0.29) is 6.04 Å². The predicted molar refractivity (Wildman–Crippen MR) is 79.5 cm³/mol. The Kier molecular flexibility index (Phi) is 3.83. The monoisotopic (exact) mass is 304 g/mol. The molecule has 0 unspecified atom stereocenters. The Morgan fingerprint density at radius 2 is 2.19 bits per heavy atom. The van der Waals surface area contributed by atoms with Crippen molar-refractivity contribution in [2.75, 3.05) is 18.6 Å². The average Bonchev–Trinajstić information content (AvgIpc) is 3.15. The van der Waals surface area contributed by atoms with Gasteiger partial charge in [-0.05, 0) is 19.8 Å². The van der Waals surface area contributed by atoms with E-state index in [1.54, 1.807) is 11.3 Å². The smallest absolute Gasteiger partial charge is 0.341 e. The number of nitrogens with zero attached hydrogens (tertiary/aromatic N) is 4. The van der Waals surface area contributed by atoms with Crippen LogP contribution >= 0.6 is 11.3 Å². The van der Waals surface area contributed by atoms with Gasteiger partial charge in [-0.1, -0.05) is 0 Å². The molecule has 2 aromatic rings. The molecule has 110 valence electrons. The van der Waals surface area contributed by atoms with Crippen molar-refractivity contribution in [3.8, 4) is 0 Å². The first-order valence-corrected chi connectivity index (χ1v) is 7.66. The standard InChI is InChI=1S/C14H16N4O2S/c1-9-17-11(8-21-9)12-4-3-5-18(12)14-15-6-10(7-16-14)13(19)20-2/h6-8,12H,3-5H2,1-2H3/t12-/m1/s1. The third-order valence-electron chi connectivity index (χ3n) is 3.55. The van der Waals surface area contributed by atoms with Crippen LogP contribution in [0, 0.1) is 6.92 Å². The number of aryl methyl sites for hydroxylation is 1. The van der Waals surface area contributed by atoms with Crippen molar-refractivity contribution in [3.63, 3.8) is 0 Å². The molecule has 3 rings (SSSR count). The SMILES string of the molecule is COC(=O)c1cnc(N2CCC[C@@H]2c2csc(C)n2)nc1. The zero-order chi connectivity index (χ0) is 14.8. The number of thiazole rings is 1. The fourth-order valence-corrected chi connectivity index (χ4v) is 3.20. The summed E-state index contributed by atoms with van der Waals surface area (Å²) in [5.41, 5.74) is 1.44. The molecule has 1 aliphatic heterocycles. The van der Waals surface area contributed by atoms with Crippen molar-refractivity contribution in [1.29, 1.82) is 0 Å². The second kappa shape index (κ2) is 5.77. The van der Waals surface area contributed by atoms with E-state index >= 15 is 0 Å². The van der Waals surface area contributed by atoms with E-state index in [9.17, 15) is 4.79 Å². The lowest BCUT2D eigenvalue weighted by Gasteiger charge is -2.23. The van der Waals surface area contributed by atoms with E-state index in [0.717, 1.165) is 30.1 Å². The van der Waals surface area contributed by atoms with Crippen molar-refractivity contribution in [2.24, 2.45) is 0 Å². The molecule has 1 atom stereocenters. The summed E-state index contributed by atoms with van der Waals surface area (Å²) in [6.45, 7) is 2.91. The van der Waals surface area contributed by atoms with Crippen LogP contribution in [0.15, 0.2) is 17.8 Å². The Hall–Kier alpha value is -2.02. The molecule has 0 aliphatic carbocycles. The molecule has 21 heavy (non-hydrogen) atoms. The molecular formula is C14H16N4O2S. The van der Waals surface area contributed by atoms with Crippen LogP contribution in [0.1, 0.15) is 39.9 Å². The minimum atomic E-state index is -0.422. The zero-order valence-corrected chi connectivity index (χ0v) is 12.8. The van der Waals surface area contributed by atoms with Gasteiger partial charge in [0.2, 0.25) is 5.95 Å². The topological polar surface area (TPSA) is 68.2 Å². The summed E-state index contributed by atoms with van der Waals surface area (Å²) in [4.78, 5) is 26.7. The Morgan fingerprint density at radius 1 is 1.43 bits per heavy atom. The lowest BCUT2D eigenvalue weighted by atomic mass is 10.2. The van der Waals surface area contributed by atoms with Gasteiger partial charge in [-0.3, -0.25) is 0 Å². The minimum Gasteiger partial charge on any atom is -0.465 e. The highest BCUT2D eigenvalue weighted by molar-refractivity contribution is 7.09. The normalized spacial score (nSPS) is 18.0. The fourth-order valence-electron chi connectivity index (χ4n) is 2.54. The predicted octanol–water partition coefficient (Wildman–Crippen LogP) is 2.37. The molecule has 0 radical (unpaired) electrons. The lowest BCUT2D eigenvalue weighted by Crippen LogP contribution is -2.25. The maximum Gasteiger partial charge on any atom is 0.341 e. The van der Waals surface area contributed by atoms with Crippen LogP contribution in [0.5, 0.6) is 0 Å². The fraction of sp³-hybridized carbons (Fsp3) is 0.429. The van der Waals surface area contributed by atoms with Gasteiger partial charge in [0.15, 0.2) is 0 Å². The van der Waals surface area contributed by atoms with Gasteiger partial charge in [-0.25, -0.2) is 19.7 Å². The summed E-state index contributed by atoms with van der Waals surface area (Å²) in [5.74, 6) is 0.213. The first-order valence-electron chi connectivity index (χ1n) is 6.78. The van der Waals surface area contributed by atoms with E-state index in [2.05, 4.69) is 30.0 Å². The van der Waals surface area contributed by atoms with E-state index in [1.807, 2.05) is 6.92 Å². The third-order valence-corrected chi connectivity index (χ3v) is 4.34. The Labute approximate surface area is 126 Å². The van der Waals surface area contributed by atoms with Crippen molar-refractivity contribution in [2.45, 2.75) is 25.8 Å². The van der Waals surface area contributed by atoms with E-state index < -0.39 is 5.97 Å². The van der Waals surface area contributed by atoms with Crippen molar-refractivity contribution < 1.29 is 9.53 Å². The highest BCUT2D eigenvalue weighted by atomic mass is 32.1. The van der Waals surface area contributed by atoms with Gasteiger partial charge in [0, 0.05) is 24.3 Å². The summed E-state index contributed by atoms with van der Waals surface area (Å²) in [7, 11) is 1.34. The highest BCUT2D eigenvalue weighted by Gasteiger charge is 2.29. The number of esters is 1. The second-order valence-corrected chi connectivity index (χ2v) is 5.97. The van der Waals surface area contributed by atoms with Gasteiger partial charge in [0.05, 0.1) is 29.4 Å². The first-order chi connectivity index (χ1) is 10.2. The molecule has 0 aromatic carbocycles. The van der Waals surface area contributed by atoms with Gasteiger partial charge in [0.25, 0.3) is 0 Å². The number of carbonyl (C=O) groups is 1. The Bertz CT molecular complexity index is 641. The molecule has 6 nitrogen and oxygen atoms in total. The van der Waals surface area contributed by atoms with Gasteiger partial charge in [-0.15, -0.1) is 11.3 Å². The van der Waals surface area contributed by atoms with E-state index in [1.165, 1.54) is 19.5 Å². The number of ether oxygens (including phenoxy) is 1. The molecular weight excluding hydrogens is 288 g/mol. The van der Waals surface area contributed by atoms with E-state index in [4.69, 9.17) is 0 Å². The van der Waals surface area contributed by atoms with Crippen molar-refractivity contribution in [1.82, 2.24) is 15.0 Å². The number of hydrogen-bond acceptors (Lipinski definition) is 7. The minimum absolute atomic E-state index is 0.221. The zero-order valence-electron chi connectivity index (χ0n) is 11.9. The molecule has 2 aromatic heterocycles. The largest absolute Gasteiger partial charge is 0.465 e. The van der Waals surface area contributed by atoms with Gasteiger partial charge in [0.1, 0.15) is 0 Å². The number of aromatic nitrogens is 3. The Morgan fingerprint density at radius 3 is 2.81 bits per heavy atom. The van der Waals surface area contributed by atoms with Crippen LogP contribution < -0.4 is 4.90 Å². The van der Waals surface area contributed by atoms with Gasteiger partial charge in [-0.2, -0.15) is 0 Å². The Balaban J connectivity index is 1.83. The quantitative estimate of drug-likeness (QED) is 0.811. The van der Waals surface area contributed by atoms with Crippen LogP contribution in [0.4, 0.5) is 5.95 Å². The molecule has 0 spiro atoms. The molecule has 0 N–H and O–H groups in total. The lowest BCUT2D eigenvalue weighted by molar-refractivity contribution is 0.0600. The molecule has 0 bridgehead atoms. The van der Waals surface area contributed by atoms with Crippen LogP contribution in [-0.2, 0) is 4.74 Å². The number of rotatable bonds is 3. The van der Waals surface area contributed by atoms with Crippen LogP contribution in [0.3, 0.4) is 0 Å². The summed E-state index contributed by atoms with van der Waals surface area (Å²) >= 11 is 1.66. The molecule has 1 fully saturated rings. The second-order valence-electron chi connectivity index (χ2n) is 4.91. The van der Waals surface area contributed by atoms with Crippen molar-refractivity contribution in [3.05, 3.63) is 34.0 Å². The molecule has 1 aliphatic rings. The number of hydrogen-bond donors (Lipinski definition) is 0.